The summed E-state index contributed by atoms with van der Waals surface area (Å²) in [7, 11) is 0. The predicted molar refractivity (Wildman–Crippen MR) is 152 cm³/mol. The molecule has 0 unspecified atom stereocenters. The van der Waals surface area contributed by atoms with Crippen molar-refractivity contribution in [3.05, 3.63) is 135 Å². The zero-order chi connectivity index (χ0) is 27.9. The molecule has 9 heteroatoms. The van der Waals surface area contributed by atoms with Gasteiger partial charge in [0, 0.05) is 39.8 Å². The van der Waals surface area contributed by atoms with E-state index in [1.54, 1.807) is 24.3 Å². The fourth-order valence-corrected chi connectivity index (χ4v) is 4.89. The Bertz CT molecular complexity index is 1970. The lowest BCUT2D eigenvalue weighted by atomic mass is 10.1. The maximum absolute atomic E-state index is 13.5. The van der Waals surface area contributed by atoms with Crippen LogP contribution < -0.4 is 5.56 Å². The van der Waals surface area contributed by atoms with Crippen LogP contribution in [0.2, 0.25) is 5.02 Å². The average molecular weight is 557 g/mol. The van der Waals surface area contributed by atoms with Crippen LogP contribution in [0.25, 0.3) is 33.2 Å². The number of fused-ring (bicyclic) bond motifs is 2. The molecule has 5 nitrogen and oxygen atoms in total. The second-order valence-corrected chi connectivity index (χ2v) is 9.62. The standard InChI is InChI=1S/C31H20ClF3N4O/c32-26-13-4-1-8-21(26)18-38-19-22(24-11-3-6-15-28(24)38)17-36-39-29(20-9-7-10-23(16-20)31(33,34)35)37-27-14-5-2-12-25(27)30(39)40/h1-17,19H,18H2. The lowest BCUT2D eigenvalue weighted by Gasteiger charge is -2.12. The number of benzene rings is 4. The molecular formula is C31H20ClF3N4O. The quantitative estimate of drug-likeness (QED) is 0.205. The van der Waals surface area contributed by atoms with Gasteiger partial charge in [0.1, 0.15) is 0 Å². The van der Waals surface area contributed by atoms with E-state index in [1.165, 1.54) is 18.3 Å². The van der Waals surface area contributed by atoms with Crippen LogP contribution in [0.1, 0.15) is 16.7 Å². The van der Waals surface area contributed by atoms with Crippen LogP contribution in [0.5, 0.6) is 0 Å². The Balaban J connectivity index is 1.50. The van der Waals surface area contributed by atoms with E-state index in [1.807, 2.05) is 59.3 Å². The van der Waals surface area contributed by atoms with E-state index in [-0.39, 0.29) is 11.4 Å². The highest BCUT2D eigenvalue weighted by atomic mass is 35.5. The van der Waals surface area contributed by atoms with Gasteiger partial charge in [0.05, 0.1) is 22.7 Å². The molecule has 0 N–H and O–H groups in total. The Labute approximate surface area is 231 Å². The van der Waals surface area contributed by atoms with E-state index >= 15 is 0 Å². The summed E-state index contributed by atoms with van der Waals surface area (Å²) in [5.41, 5.74) is 1.75. The maximum Gasteiger partial charge on any atom is 0.416 e. The molecule has 0 aliphatic rings. The number of alkyl halides is 3. The highest BCUT2D eigenvalue weighted by Gasteiger charge is 2.31. The third-order valence-electron chi connectivity index (χ3n) is 6.63. The van der Waals surface area contributed by atoms with Gasteiger partial charge in [0.2, 0.25) is 0 Å². The second kappa shape index (κ2) is 10.1. The van der Waals surface area contributed by atoms with Gasteiger partial charge >= 0.3 is 6.18 Å². The largest absolute Gasteiger partial charge is 0.416 e. The van der Waals surface area contributed by atoms with Gasteiger partial charge in [-0.2, -0.15) is 22.9 Å². The lowest BCUT2D eigenvalue weighted by molar-refractivity contribution is -0.137. The highest BCUT2D eigenvalue weighted by molar-refractivity contribution is 6.31. The Morgan fingerprint density at radius 1 is 0.875 bits per heavy atom. The van der Waals surface area contributed by atoms with E-state index in [4.69, 9.17) is 11.6 Å². The summed E-state index contributed by atoms with van der Waals surface area (Å²) in [5.74, 6) is 0.00542. The third-order valence-corrected chi connectivity index (χ3v) is 7.00. The molecule has 0 aliphatic heterocycles. The summed E-state index contributed by atoms with van der Waals surface area (Å²) in [6, 6.07) is 26.7. The van der Waals surface area contributed by atoms with E-state index < -0.39 is 17.3 Å². The van der Waals surface area contributed by atoms with Crippen LogP contribution in [0.4, 0.5) is 13.2 Å². The molecule has 2 heterocycles. The summed E-state index contributed by atoms with van der Waals surface area (Å²) in [6.45, 7) is 0.515. The minimum Gasteiger partial charge on any atom is -0.342 e. The second-order valence-electron chi connectivity index (χ2n) is 9.21. The normalized spacial score (nSPS) is 12.1. The summed E-state index contributed by atoms with van der Waals surface area (Å²) in [4.78, 5) is 18.1. The summed E-state index contributed by atoms with van der Waals surface area (Å²) in [5, 5.41) is 6.32. The predicted octanol–water partition coefficient (Wildman–Crippen LogP) is 7.62. The van der Waals surface area contributed by atoms with Crippen molar-refractivity contribution >= 4 is 39.6 Å². The monoisotopic (exact) mass is 556 g/mol. The van der Waals surface area contributed by atoms with E-state index in [9.17, 15) is 18.0 Å². The third kappa shape index (κ3) is 4.78. The first-order valence-electron chi connectivity index (χ1n) is 12.3. The SMILES string of the molecule is O=c1c2ccccc2nc(-c2cccc(C(F)(F)F)c2)n1N=Cc1cn(Cc2ccccc2Cl)c2ccccc12. The van der Waals surface area contributed by atoms with E-state index in [0.717, 1.165) is 38.8 Å². The minimum absolute atomic E-state index is 0.00542. The number of aromatic nitrogens is 3. The first-order chi connectivity index (χ1) is 19.3. The van der Waals surface area contributed by atoms with Crippen LogP contribution in [0.3, 0.4) is 0 Å². The molecule has 4 aromatic carbocycles. The molecule has 40 heavy (non-hydrogen) atoms. The van der Waals surface area contributed by atoms with Crippen molar-refractivity contribution in [2.45, 2.75) is 12.7 Å². The van der Waals surface area contributed by atoms with Crippen LogP contribution in [-0.4, -0.2) is 20.4 Å². The zero-order valence-corrected chi connectivity index (χ0v) is 21.6. The van der Waals surface area contributed by atoms with Crippen molar-refractivity contribution < 1.29 is 13.2 Å². The first-order valence-corrected chi connectivity index (χ1v) is 12.7. The highest BCUT2D eigenvalue weighted by Crippen LogP contribution is 2.32. The Morgan fingerprint density at radius 2 is 1.60 bits per heavy atom. The van der Waals surface area contributed by atoms with Crippen molar-refractivity contribution in [3.63, 3.8) is 0 Å². The molecule has 0 bridgehead atoms. The Kier molecular flexibility index (Phi) is 6.48. The molecule has 0 aliphatic carbocycles. The molecule has 0 saturated carbocycles. The van der Waals surface area contributed by atoms with Gasteiger partial charge in [0.15, 0.2) is 5.82 Å². The molecular weight excluding hydrogens is 537 g/mol. The lowest BCUT2D eigenvalue weighted by Crippen LogP contribution is -2.20. The van der Waals surface area contributed by atoms with Gasteiger partial charge in [-0.1, -0.05) is 72.3 Å². The molecule has 0 amide bonds. The molecule has 2 aromatic heterocycles. The van der Waals surface area contributed by atoms with Gasteiger partial charge in [-0.05, 0) is 42.0 Å². The average Bonchev–Trinajstić information content (AvgIpc) is 3.30. The molecule has 0 radical (unpaired) electrons. The molecule has 198 valence electrons. The minimum atomic E-state index is -4.55. The maximum atomic E-state index is 13.5. The van der Waals surface area contributed by atoms with Gasteiger partial charge in [-0.3, -0.25) is 4.79 Å². The van der Waals surface area contributed by atoms with Gasteiger partial charge in [-0.15, -0.1) is 0 Å². The van der Waals surface area contributed by atoms with Gasteiger partial charge < -0.3 is 4.57 Å². The van der Waals surface area contributed by atoms with Crippen molar-refractivity contribution in [2.75, 3.05) is 0 Å². The van der Waals surface area contributed by atoms with Crippen LogP contribution >= 0.6 is 11.6 Å². The molecule has 0 spiro atoms. The van der Waals surface area contributed by atoms with Crippen LogP contribution in [0, 0.1) is 0 Å². The Morgan fingerprint density at radius 3 is 2.40 bits per heavy atom. The van der Waals surface area contributed by atoms with Gasteiger partial charge in [-0.25, -0.2) is 4.98 Å². The van der Waals surface area contributed by atoms with Crippen LogP contribution in [0.15, 0.2) is 113 Å². The number of hydrogen-bond donors (Lipinski definition) is 0. The summed E-state index contributed by atoms with van der Waals surface area (Å²) >= 11 is 6.40. The molecule has 0 saturated heterocycles. The van der Waals surface area contributed by atoms with Crippen molar-refractivity contribution in [1.82, 2.24) is 14.2 Å². The molecule has 6 rings (SSSR count). The van der Waals surface area contributed by atoms with Crippen molar-refractivity contribution in [3.8, 4) is 11.4 Å². The number of hydrogen-bond acceptors (Lipinski definition) is 3. The molecule has 6 aromatic rings. The smallest absolute Gasteiger partial charge is 0.342 e. The number of rotatable bonds is 5. The molecule has 0 fully saturated rings. The number of nitrogens with zero attached hydrogens (tertiary/aromatic N) is 4. The number of para-hydroxylation sites is 2. The summed E-state index contributed by atoms with van der Waals surface area (Å²) < 4.78 is 43.6. The van der Waals surface area contributed by atoms with E-state index in [2.05, 4.69) is 10.1 Å². The zero-order valence-electron chi connectivity index (χ0n) is 20.8. The van der Waals surface area contributed by atoms with E-state index in [0.29, 0.717) is 22.5 Å². The number of halogens is 4. The summed E-state index contributed by atoms with van der Waals surface area (Å²) in [6.07, 6.45) is -1.12. The fraction of sp³-hybridized carbons (Fsp3) is 0.0645. The van der Waals surface area contributed by atoms with Crippen molar-refractivity contribution in [1.29, 1.82) is 0 Å². The topological polar surface area (TPSA) is 52.2 Å². The molecule has 0 atom stereocenters. The fourth-order valence-electron chi connectivity index (χ4n) is 4.69. The van der Waals surface area contributed by atoms with Gasteiger partial charge in [0.25, 0.3) is 5.56 Å². The van der Waals surface area contributed by atoms with Crippen LogP contribution in [-0.2, 0) is 12.7 Å². The first kappa shape index (κ1) is 25.6. The van der Waals surface area contributed by atoms with Crippen molar-refractivity contribution in [2.24, 2.45) is 5.10 Å². The Hall–Kier alpha value is -4.69.